The van der Waals surface area contributed by atoms with E-state index in [2.05, 4.69) is 15.8 Å². The summed E-state index contributed by atoms with van der Waals surface area (Å²) in [5.74, 6) is 0.0313. The molecule has 104 valence electrons. The lowest BCUT2D eigenvalue weighted by molar-refractivity contribution is 0.0960. The Morgan fingerprint density at radius 1 is 0.952 bits per heavy atom. The van der Waals surface area contributed by atoms with Gasteiger partial charge in [-0.2, -0.15) is 0 Å². The third-order valence-corrected chi connectivity index (χ3v) is 3.05. The van der Waals surface area contributed by atoms with Gasteiger partial charge in [-0.05, 0) is 30.3 Å². The van der Waals surface area contributed by atoms with Crippen LogP contribution in [-0.2, 0) is 0 Å². The Morgan fingerprint density at radius 3 is 2.57 bits per heavy atom. The number of phenolic OH excluding ortho intramolecular Hbond substituents is 1. The monoisotopic (exact) mass is 279 g/mol. The van der Waals surface area contributed by atoms with Crippen molar-refractivity contribution in [3.05, 3.63) is 66.2 Å². The van der Waals surface area contributed by atoms with Crippen molar-refractivity contribution in [1.29, 1.82) is 0 Å². The van der Waals surface area contributed by atoms with E-state index in [0.29, 0.717) is 5.82 Å². The van der Waals surface area contributed by atoms with E-state index in [-0.39, 0.29) is 11.3 Å². The zero-order chi connectivity index (χ0) is 14.7. The summed E-state index contributed by atoms with van der Waals surface area (Å²) in [5, 5.41) is 10.6. The lowest BCUT2D eigenvalue weighted by atomic mass is 10.2. The number of aromatic nitrogens is 1. The van der Waals surface area contributed by atoms with Crippen molar-refractivity contribution in [3.63, 3.8) is 0 Å². The number of phenols is 1. The van der Waals surface area contributed by atoms with Crippen LogP contribution in [0.1, 0.15) is 10.4 Å². The minimum absolute atomic E-state index is 0.0664. The minimum Gasteiger partial charge on any atom is -0.507 e. The number of benzene rings is 2. The number of hydrogen-bond acceptors (Lipinski definition) is 4. The van der Waals surface area contributed by atoms with E-state index in [0.717, 1.165) is 10.9 Å². The van der Waals surface area contributed by atoms with Gasteiger partial charge >= 0.3 is 0 Å². The number of carbonyl (C=O) groups excluding carboxylic acids is 1. The molecule has 2 aromatic carbocycles. The van der Waals surface area contributed by atoms with E-state index >= 15 is 0 Å². The van der Waals surface area contributed by atoms with E-state index in [1.807, 2.05) is 30.3 Å². The van der Waals surface area contributed by atoms with Crippen LogP contribution in [-0.4, -0.2) is 16.0 Å². The number of para-hydroxylation sites is 2. The van der Waals surface area contributed by atoms with Gasteiger partial charge in [0.2, 0.25) is 0 Å². The molecule has 5 heteroatoms. The largest absolute Gasteiger partial charge is 0.507 e. The van der Waals surface area contributed by atoms with Crippen LogP contribution in [0.4, 0.5) is 5.82 Å². The Balaban J connectivity index is 1.74. The standard InChI is InChI=1S/C16H13N3O2/c20-14-8-4-2-6-12(14)16(21)19-18-15-10-9-11-5-1-3-7-13(11)17-15/h1-10,20H,(H,17,18)(H,19,21). The Bertz CT molecular complexity index is 802. The number of carbonyl (C=O) groups is 1. The molecule has 0 saturated heterocycles. The molecule has 0 spiro atoms. The maximum absolute atomic E-state index is 11.9. The number of aromatic hydroxyl groups is 1. The topological polar surface area (TPSA) is 74.2 Å². The van der Waals surface area contributed by atoms with Gasteiger partial charge in [-0.3, -0.25) is 15.6 Å². The molecule has 0 radical (unpaired) electrons. The van der Waals surface area contributed by atoms with Crippen molar-refractivity contribution < 1.29 is 9.90 Å². The van der Waals surface area contributed by atoms with Crippen LogP contribution < -0.4 is 10.9 Å². The molecule has 0 unspecified atom stereocenters. The third-order valence-electron chi connectivity index (χ3n) is 3.05. The molecule has 0 aliphatic carbocycles. The van der Waals surface area contributed by atoms with Crippen LogP contribution in [0.3, 0.4) is 0 Å². The number of nitrogens with zero attached hydrogens (tertiary/aromatic N) is 1. The zero-order valence-electron chi connectivity index (χ0n) is 11.1. The van der Waals surface area contributed by atoms with Crippen molar-refractivity contribution in [2.24, 2.45) is 0 Å². The SMILES string of the molecule is O=C(NNc1ccc2ccccc2n1)c1ccccc1O. The van der Waals surface area contributed by atoms with Gasteiger partial charge in [0, 0.05) is 5.39 Å². The predicted octanol–water partition coefficient (Wildman–Crippen LogP) is 2.70. The molecule has 21 heavy (non-hydrogen) atoms. The predicted molar refractivity (Wildman–Crippen MR) is 80.9 cm³/mol. The lowest BCUT2D eigenvalue weighted by Gasteiger charge is -2.09. The first-order valence-electron chi connectivity index (χ1n) is 6.44. The fourth-order valence-electron chi connectivity index (χ4n) is 1.99. The van der Waals surface area contributed by atoms with Crippen molar-refractivity contribution >= 4 is 22.6 Å². The quantitative estimate of drug-likeness (QED) is 0.644. The number of amides is 1. The summed E-state index contributed by atoms with van der Waals surface area (Å²) in [5.41, 5.74) is 6.28. The molecule has 5 nitrogen and oxygen atoms in total. The van der Waals surface area contributed by atoms with E-state index in [1.165, 1.54) is 6.07 Å². The molecule has 0 bridgehead atoms. The molecule has 3 aromatic rings. The Hall–Kier alpha value is -3.08. The van der Waals surface area contributed by atoms with Crippen LogP contribution in [0, 0.1) is 0 Å². The second-order valence-corrected chi connectivity index (χ2v) is 4.49. The van der Waals surface area contributed by atoms with E-state index in [1.54, 1.807) is 24.3 Å². The van der Waals surface area contributed by atoms with Crippen LogP contribution >= 0.6 is 0 Å². The maximum atomic E-state index is 11.9. The molecule has 1 aromatic heterocycles. The number of pyridine rings is 1. The van der Waals surface area contributed by atoms with E-state index in [4.69, 9.17) is 0 Å². The molecule has 0 aliphatic heterocycles. The van der Waals surface area contributed by atoms with Gasteiger partial charge in [0.25, 0.3) is 5.91 Å². The molecule has 3 rings (SSSR count). The van der Waals surface area contributed by atoms with Gasteiger partial charge in [-0.1, -0.05) is 30.3 Å². The molecule has 0 aliphatic rings. The highest BCUT2D eigenvalue weighted by Gasteiger charge is 2.09. The summed E-state index contributed by atoms with van der Waals surface area (Å²) in [7, 11) is 0. The Kier molecular flexibility index (Phi) is 3.39. The summed E-state index contributed by atoms with van der Waals surface area (Å²) in [4.78, 5) is 16.3. The van der Waals surface area contributed by atoms with Gasteiger partial charge in [0.05, 0.1) is 11.1 Å². The first-order valence-corrected chi connectivity index (χ1v) is 6.44. The average Bonchev–Trinajstić information content (AvgIpc) is 2.53. The summed E-state index contributed by atoms with van der Waals surface area (Å²) in [6.07, 6.45) is 0. The first-order chi connectivity index (χ1) is 10.2. The van der Waals surface area contributed by atoms with Crippen molar-refractivity contribution in [2.45, 2.75) is 0 Å². The molecule has 1 amide bonds. The second kappa shape index (κ2) is 5.50. The van der Waals surface area contributed by atoms with Gasteiger partial charge in [-0.25, -0.2) is 4.98 Å². The van der Waals surface area contributed by atoms with E-state index < -0.39 is 5.91 Å². The zero-order valence-corrected chi connectivity index (χ0v) is 11.1. The average molecular weight is 279 g/mol. The smallest absolute Gasteiger partial charge is 0.273 e. The Morgan fingerprint density at radius 2 is 1.71 bits per heavy atom. The number of rotatable bonds is 3. The molecular formula is C16H13N3O2. The molecular weight excluding hydrogens is 266 g/mol. The summed E-state index contributed by atoms with van der Waals surface area (Å²) >= 11 is 0. The summed E-state index contributed by atoms with van der Waals surface area (Å²) in [6.45, 7) is 0. The molecule has 3 N–H and O–H groups in total. The highest BCUT2D eigenvalue weighted by atomic mass is 16.3. The van der Waals surface area contributed by atoms with Crippen molar-refractivity contribution in [3.8, 4) is 5.75 Å². The minimum atomic E-state index is -0.428. The highest BCUT2D eigenvalue weighted by molar-refractivity contribution is 5.97. The van der Waals surface area contributed by atoms with Gasteiger partial charge < -0.3 is 5.11 Å². The summed E-state index contributed by atoms with van der Waals surface area (Å²) < 4.78 is 0. The first kappa shape index (κ1) is 12.9. The second-order valence-electron chi connectivity index (χ2n) is 4.49. The van der Waals surface area contributed by atoms with Gasteiger partial charge in [0.15, 0.2) is 0 Å². The van der Waals surface area contributed by atoms with Crippen LogP contribution in [0.2, 0.25) is 0 Å². The fraction of sp³-hybridized carbons (Fsp3) is 0. The third kappa shape index (κ3) is 2.76. The number of nitrogens with one attached hydrogen (secondary N) is 2. The van der Waals surface area contributed by atoms with Crippen LogP contribution in [0.25, 0.3) is 10.9 Å². The van der Waals surface area contributed by atoms with Gasteiger partial charge in [0.1, 0.15) is 11.6 Å². The summed E-state index contributed by atoms with van der Waals surface area (Å²) in [6, 6.07) is 17.7. The maximum Gasteiger partial charge on any atom is 0.273 e. The fourth-order valence-corrected chi connectivity index (χ4v) is 1.99. The van der Waals surface area contributed by atoms with Crippen LogP contribution in [0.15, 0.2) is 60.7 Å². The van der Waals surface area contributed by atoms with Crippen molar-refractivity contribution in [2.75, 3.05) is 5.43 Å². The Labute approximate surface area is 121 Å². The lowest BCUT2D eigenvalue weighted by Crippen LogP contribution is -2.29. The molecule has 0 atom stereocenters. The molecule has 0 fully saturated rings. The number of anilines is 1. The van der Waals surface area contributed by atoms with Gasteiger partial charge in [-0.15, -0.1) is 0 Å². The number of fused-ring (bicyclic) bond motifs is 1. The molecule has 1 heterocycles. The highest BCUT2D eigenvalue weighted by Crippen LogP contribution is 2.16. The van der Waals surface area contributed by atoms with Crippen molar-refractivity contribution in [1.82, 2.24) is 10.4 Å². The number of hydrogen-bond donors (Lipinski definition) is 3. The van der Waals surface area contributed by atoms with E-state index in [9.17, 15) is 9.90 Å². The normalized spacial score (nSPS) is 10.3. The van der Waals surface area contributed by atoms with Crippen LogP contribution in [0.5, 0.6) is 5.75 Å². The molecule has 0 saturated carbocycles. The number of hydrazine groups is 1.